The molecule has 0 aliphatic carbocycles. The van der Waals surface area contributed by atoms with Crippen LogP contribution in [0.25, 0.3) is 0 Å². The summed E-state index contributed by atoms with van der Waals surface area (Å²) in [5, 5.41) is 0. The average Bonchev–Trinajstić information content (AvgIpc) is 3.26. The predicted molar refractivity (Wildman–Crippen MR) is 95.7 cm³/mol. The van der Waals surface area contributed by atoms with E-state index in [2.05, 4.69) is 0 Å². The molecule has 1 saturated heterocycles. The van der Waals surface area contributed by atoms with Crippen LogP contribution in [0.3, 0.4) is 0 Å². The van der Waals surface area contributed by atoms with Gasteiger partial charge in [-0.3, -0.25) is 14.4 Å². The van der Waals surface area contributed by atoms with Crippen molar-refractivity contribution in [2.45, 2.75) is 13.0 Å². The Bertz CT molecular complexity index is 987. The van der Waals surface area contributed by atoms with Crippen LogP contribution >= 0.6 is 0 Å². The lowest BCUT2D eigenvalue weighted by molar-refractivity contribution is -0.143. The van der Waals surface area contributed by atoms with Crippen LogP contribution in [0.5, 0.6) is 11.5 Å². The molecular weight excluding hydrogens is 364 g/mol. The number of fused-ring (bicyclic) bond motifs is 1. The van der Waals surface area contributed by atoms with Gasteiger partial charge in [-0.25, -0.2) is 14.6 Å². The van der Waals surface area contributed by atoms with Crippen molar-refractivity contribution < 1.29 is 28.7 Å². The van der Waals surface area contributed by atoms with Gasteiger partial charge in [-0.05, 0) is 30.7 Å². The Morgan fingerprint density at radius 3 is 2.46 bits per heavy atom. The highest BCUT2D eigenvalue weighted by atomic mass is 16.7. The molecule has 4 rings (SSSR count). The molecule has 2 aromatic rings. The maximum atomic E-state index is 12.7. The van der Waals surface area contributed by atoms with Gasteiger partial charge < -0.3 is 9.47 Å². The maximum Gasteiger partial charge on any atom is 0.335 e. The van der Waals surface area contributed by atoms with E-state index in [1.54, 1.807) is 37.3 Å². The summed E-state index contributed by atoms with van der Waals surface area (Å²) in [6, 6.07) is 12.0. The normalized spacial score (nSPS) is 16.7. The first-order valence-corrected chi connectivity index (χ1v) is 8.64. The number of urea groups is 1. The van der Waals surface area contributed by atoms with E-state index in [1.165, 1.54) is 12.1 Å². The van der Waals surface area contributed by atoms with Gasteiger partial charge in [0.05, 0.1) is 12.6 Å². The molecule has 1 fully saturated rings. The standard InChI is InChI=1S/C20H16N2O6/c1-12(13-5-3-2-4-6-13)22-19(25)18(24)21(20(22)26)10-15(23)14-7-8-16-17(9-14)28-11-27-16/h2-9,12H,10-11H2,1H3/t12-/m0/s1. The molecule has 0 N–H and O–H groups in total. The van der Waals surface area contributed by atoms with E-state index < -0.39 is 36.2 Å². The third-order valence-corrected chi connectivity index (χ3v) is 4.75. The number of rotatable bonds is 5. The van der Waals surface area contributed by atoms with Crippen LogP contribution in [0.15, 0.2) is 48.5 Å². The van der Waals surface area contributed by atoms with Crippen LogP contribution in [-0.2, 0) is 9.59 Å². The van der Waals surface area contributed by atoms with Crippen LogP contribution in [0, 0.1) is 0 Å². The van der Waals surface area contributed by atoms with Gasteiger partial charge in [-0.2, -0.15) is 0 Å². The summed E-state index contributed by atoms with van der Waals surface area (Å²) < 4.78 is 10.4. The van der Waals surface area contributed by atoms with Crippen molar-refractivity contribution >= 4 is 23.6 Å². The minimum absolute atomic E-state index is 0.0664. The van der Waals surface area contributed by atoms with Gasteiger partial charge in [-0.15, -0.1) is 0 Å². The lowest BCUT2D eigenvalue weighted by Gasteiger charge is -2.22. The molecular formula is C20H16N2O6. The number of Topliss-reactive ketones (excluding diaryl/α,β-unsaturated/α-hetero) is 1. The number of amides is 4. The fourth-order valence-corrected chi connectivity index (χ4v) is 3.19. The quantitative estimate of drug-likeness (QED) is 0.448. The maximum absolute atomic E-state index is 12.7. The fraction of sp³-hybridized carbons (Fsp3) is 0.200. The number of hydrogen-bond donors (Lipinski definition) is 0. The van der Waals surface area contributed by atoms with Crippen molar-refractivity contribution in [1.29, 1.82) is 0 Å². The number of imide groups is 2. The van der Waals surface area contributed by atoms with Crippen LogP contribution in [0.4, 0.5) is 4.79 Å². The summed E-state index contributed by atoms with van der Waals surface area (Å²) in [5.41, 5.74) is 0.966. The Kier molecular flexibility index (Phi) is 4.31. The summed E-state index contributed by atoms with van der Waals surface area (Å²) in [6.07, 6.45) is 0. The van der Waals surface area contributed by atoms with Gasteiger partial charge in [0, 0.05) is 5.56 Å². The van der Waals surface area contributed by atoms with Crippen molar-refractivity contribution in [1.82, 2.24) is 9.80 Å². The summed E-state index contributed by atoms with van der Waals surface area (Å²) in [6.45, 7) is 1.19. The molecule has 0 spiro atoms. The zero-order valence-corrected chi connectivity index (χ0v) is 15.0. The Morgan fingerprint density at radius 2 is 1.71 bits per heavy atom. The van der Waals surface area contributed by atoms with Gasteiger partial charge in [0.25, 0.3) is 0 Å². The summed E-state index contributed by atoms with van der Waals surface area (Å²) in [4.78, 5) is 51.5. The van der Waals surface area contributed by atoms with E-state index in [-0.39, 0.29) is 12.4 Å². The predicted octanol–water partition coefficient (Wildman–Crippen LogP) is 2.15. The lowest BCUT2D eigenvalue weighted by atomic mass is 10.1. The molecule has 2 aromatic carbocycles. The van der Waals surface area contributed by atoms with Gasteiger partial charge >= 0.3 is 17.8 Å². The topological polar surface area (TPSA) is 93.2 Å². The smallest absolute Gasteiger partial charge is 0.335 e. The number of nitrogens with zero attached hydrogens (tertiary/aromatic N) is 2. The van der Waals surface area contributed by atoms with Crippen molar-refractivity contribution in [2.24, 2.45) is 0 Å². The Balaban J connectivity index is 1.54. The third-order valence-electron chi connectivity index (χ3n) is 4.75. The number of hydrogen-bond acceptors (Lipinski definition) is 6. The molecule has 28 heavy (non-hydrogen) atoms. The zero-order chi connectivity index (χ0) is 19.8. The fourth-order valence-electron chi connectivity index (χ4n) is 3.19. The molecule has 0 unspecified atom stereocenters. The van der Waals surface area contributed by atoms with Crippen LogP contribution in [-0.4, -0.2) is 46.8 Å². The van der Waals surface area contributed by atoms with E-state index in [0.29, 0.717) is 22.0 Å². The van der Waals surface area contributed by atoms with Crippen molar-refractivity contribution in [3.8, 4) is 11.5 Å². The Labute approximate surface area is 160 Å². The Morgan fingerprint density at radius 1 is 1.00 bits per heavy atom. The van der Waals surface area contributed by atoms with E-state index in [9.17, 15) is 19.2 Å². The highest BCUT2D eigenvalue weighted by molar-refractivity contribution is 6.45. The molecule has 0 radical (unpaired) electrons. The molecule has 2 aliphatic rings. The number of carbonyl (C=O) groups excluding carboxylic acids is 4. The second kappa shape index (κ2) is 6.80. The molecule has 2 aliphatic heterocycles. The highest BCUT2D eigenvalue weighted by Crippen LogP contribution is 2.33. The van der Waals surface area contributed by atoms with Crippen LogP contribution in [0.1, 0.15) is 28.9 Å². The first-order chi connectivity index (χ1) is 13.5. The van der Waals surface area contributed by atoms with Crippen molar-refractivity contribution in [3.63, 3.8) is 0 Å². The SMILES string of the molecule is C[C@@H](c1ccccc1)N1C(=O)C(=O)N(CC(=O)c2ccc3c(c2)OCO3)C1=O. The van der Waals surface area contributed by atoms with E-state index in [1.807, 2.05) is 6.07 Å². The molecule has 8 nitrogen and oxygen atoms in total. The van der Waals surface area contributed by atoms with E-state index in [0.717, 1.165) is 4.90 Å². The van der Waals surface area contributed by atoms with Gasteiger partial charge in [0.15, 0.2) is 17.3 Å². The highest BCUT2D eigenvalue weighted by Gasteiger charge is 2.47. The molecule has 4 amide bonds. The Hall–Kier alpha value is -3.68. The third kappa shape index (κ3) is 2.88. The van der Waals surface area contributed by atoms with Crippen molar-refractivity contribution in [2.75, 3.05) is 13.3 Å². The average molecular weight is 380 g/mol. The molecule has 8 heteroatoms. The first-order valence-electron chi connectivity index (χ1n) is 8.64. The number of ketones is 1. The lowest BCUT2D eigenvalue weighted by Crippen LogP contribution is -2.37. The zero-order valence-electron chi connectivity index (χ0n) is 15.0. The molecule has 1 atom stereocenters. The largest absolute Gasteiger partial charge is 0.454 e. The molecule has 0 saturated carbocycles. The minimum Gasteiger partial charge on any atom is -0.454 e. The van der Waals surface area contributed by atoms with Crippen LogP contribution < -0.4 is 9.47 Å². The van der Waals surface area contributed by atoms with Crippen molar-refractivity contribution in [3.05, 3.63) is 59.7 Å². The number of benzene rings is 2. The van der Waals surface area contributed by atoms with E-state index >= 15 is 0 Å². The van der Waals surface area contributed by atoms with Gasteiger partial charge in [0.1, 0.15) is 0 Å². The number of carbonyl (C=O) groups is 4. The molecule has 2 heterocycles. The first kappa shape index (κ1) is 17.7. The van der Waals surface area contributed by atoms with E-state index in [4.69, 9.17) is 9.47 Å². The molecule has 0 bridgehead atoms. The molecule has 142 valence electrons. The number of ether oxygens (including phenoxy) is 2. The van der Waals surface area contributed by atoms with Gasteiger partial charge in [0.2, 0.25) is 6.79 Å². The van der Waals surface area contributed by atoms with Gasteiger partial charge in [-0.1, -0.05) is 30.3 Å². The summed E-state index contributed by atoms with van der Waals surface area (Å²) in [5.74, 6) is -1.51. The summed E-state index contributed by atoms with van der Waals surface area (Å²) in [7, 11) is 0. The summed E-state index contributed by atoms with van der Waals surface area (Å²) >= 11 is 0. The van der Waals surface area contributed by atoms with Crippen LogP contribution in [0.2, 0.25) is 0 Å². The minimum atomic E-state index is -1.01. The second-order valence-electron chi connectivity index (χ2n) is 6.43. The monoisotopic (exact) mass is 380 g/mol. The second-order valence-corrected chi connectivity index (χ2v) is 6.43. The molecule has 0 aromatic heterocycles.